The quantitative estimate of drug-likeness (QED) is 0.554. The predicted octanol–water partition coefficient (Wildman–Crippen LogP) is 3.30. The first-order valence-electron chi connectivity index (χ1n) is 6.18. The van der Waals surface area contributed by atoms with Crippen LogP contribution in [0.25, 0.3) is 0 Å². The Morgan fingerprint density at radius 1 is 1.38 bits per heavy atom. The van der Waals surface area contributed by atoms with Gasteiger partial charge in [-0.1, -0.05) is 28.8 Å². The van der Waals surface area contributed by atoms with Gasteiger partial charge >= 0.3 is 0 Å². The summed E-state index contributed by atoms with van der Waals surface area (Å²) in [7, 11) is 1.95. The first kappa shape index (κ1) is 14.4. The molecule has 1 amide bonds. The van der Waals surface area contributed by atoms with E-state index in [9.17, 15) is 4.79 Å². The third-order valence-corrected chi connectivity index (χ3v) is 4.88. The van der Waals surface area contributed by atoms with Crippen molar-refractivity contribution in [2.24, 2.45) is 0 Å². The fourth-order valence-electron chi connectivity index (χ4n) is 1.91. The van der Waals surface area contributed by atoms with Crippen molar-refractivity contribution < 1.29 is 4.79 Å². The number of hydrogen-bond acceptors (Lipinski definition) is 2. The number of carbonyl (C=O) groups is 1. The molecule has 0 aromatic heterocycles. The fraction of sp³-hybridized carbons (Fsp3) is 0.917. The van der Waals surface area contributed by atoms with E-state index in [4.69, 9.17) is 0 Å². The Morgan fingerprint density at radius 2 is 2.19 bits per heavy atom. The molecule has 1 aliphatic rings. The molecule has 4 heteroatoms. The van der Waals surface area contributed by atoms with E-state index in [1.165, 1.54) is 25.7 Å². The van der Waals surface area contributed by atoms with Gasteiger partial charge in [0, 0.05) is 18.9 Å². The van der Waals surface area contributed by atoms with E-state index in [0.717, 1.165) is 30.5 Å². The smallest absolute Gasteiger partial charge is 0.235 e. The molecule has 0 aromatic rings. The van der Waals surface area contributed by atoms with Crippen molar-refractivity contribution in [2.45, 2.75) is 43.8 Å². The zero-order valence-corrected chi connectivity index (χ0v) is 12.5. The molecule has 1 unspecified atom stereocenters. The van der Waals surface area contributed by atoms with Crippen LogP contribution in [0.3, 0.4) is 0 Å². The van der Waals surface area contributed by atoms with Gasteiger partial charge in [0.1, 0.15) is 0 Å². The summed E-state index contributed by atoms with van der Waals surface area (Å²) in [6.07, 6.45) is 7.13. The minimum atomic E-state index is 0.245. The van der Waals surface area contributed by atoms with E-state index in [1.54, 1.807) is 0 Å². The van der Waals surface area contributed by atoms with E-state index in [2.05, 4.69) is 15.9 Å². The van der Waals surface area contributed by atoms with Crippen molar-refractivity contribution in [1.82, 2.24) is 4.90 Å². The van der Waals surface area contributed by atoms with Crippen LogP contribution >= 0.6 is 27.7 Å². The number of unbranched alkanes of at least 4 members (excludes halogenated alkanes) is 2. The Kier molecular flexibility index (Phi) is 7.54. The summed E-state index contributed by atoms with van der Waals surface area (Å²) in [6, 6.07) is 0. The highest BCUT2D eigenvalue weighted by atomic mass is 79.9. The van der Waals surface area contributed by atoms with Crippen LogP contribution in [0.4, 0.5) is 0 Å². The number of alkyl halides is 1. The van der Waals surface area contributed by atoms with Gasteiger partial charge in [0.05, 0.1) is 5.25 Å². The number of hydrogen-bond donors (Lipinski definition) is 0. The maximum absolute atomic E-state index is 12.1. The van der Waals surface area contributed by atoms with Crippen LogP contribution in [0.5, 0.6) is 0 Å². The van der Waals surface area contributed by atoms with E-state index < -0.39 is 0 Å². The van der Waals surface area contributed by atoms with Crippen LogP contribution in [0, 0.1) is 0 Å². The number of carbonyl (C=O) groups excluding carboxylic acids is 1. The fourth-order valence-corrected chi connectivity index (χ4v) is 3.62. The first-order chi connectivity index (χ1) is 7.75. The minimum Gasteiger partial charge on any atom is -0.345 e. The molecule has 1 fully saturated rings. The molecule has 94 valence electrons. The summed E-state index contributed by atoms with van der Waals surface area (Å²) in [5.74, 6) is 1.51. The summed E-state index contributed by atoms with van der Waals surface area (Å²) in [5.41, 5.74) is 0. The van der Waals surface area contributed by atoms with Gasteiger partial charge in [0.25, 0.3) is 0 Å². The summed E-state index contributed by atoms with van der Waals surface area (Å²) < 4.78 is 0. The number of halogens is 1. The lowest BCUT2D eigenvalue weighted by Crippen LogP contribution is -2.36. The molecular weight excluding hydrogens is 286 g/mol. The van der Waals surface area contributed by atoms with Crippen LogP contribution in [0.1, 0.15) is 38.5 Å². The van der Waals surface area contributed by atoms with Gasteiger partial charge < -0.3 is 4.90 Å². The van der Waals surface area contributed by atoms with Crippen LogP contribution in [-0.2, 0) is 4.79 Å². The highest BCUT2D eigenvalue weighted by molar-refractivity contribution is 9.09. The highest BCUT2D eigenvalue weighted by Crippen LogP contribution is 2.26. The van der Waals surface area contributed by atoms with Crippen LogP contribution in [0.2, 0.25) is 0 Å². The third-order valence-electron chi connectivity index (χ3n) is 2.96. The molecule has 0 bridgehead atoms. The van der Waals surface area contributed by atoms with Crippen molar-refractivity contribution in [2.75, 3.05) is 24.7 Å². The van der Waals surface area contributed by atoms with Crippen molar-refractivity contribution >= 4 is 33.6 Å². The van der Waals surface area contributed by atoms with Gasteiger partial charge in [-0.25, -0.2) is 0 Å². The highest BCUT2D eigenvalue weighted by Gasteiger charge is 2.24. The standard InChI is InChI=1S/C12H22BrNOS/c1-14(9-5-2-4-8-13)12(15)11-7-3-6-10-16-11/h11H,2-10H2,1H3. The van der Waals surface area contributed by atoms with Crippen molar-refractivity contribution in [3.63, 3.8) is 0 Å². The molecular formula is C12H22BrNOS. The molecule has 0 radical (unpaired) electrons. The topological polar surface area (TPSA) is 20.3 Å². The number of rotatable bonds is 6. The first-order valence-corrected chi connectivity index (χ1v) is 8.35. The zero-order chi connectivity index (χ0) is 11.8. The molecule has 16 heavy (non-hydrogen) atoms. The normalized spacial score (nSPS) is 20.8. The van der Waals surface area contributed by atoms with Crippen molar-refractivity contribution in [3.05, 3.63) is 0 Å². The molecule has 1 rings (SSSR count). The lowest BCUT2D eigenvalue weighted by molar-refractivity contribution is -0.129. The van der Waals surface area contributed by atoms with Crippen molar-refractivity contribution in [1.29, 1.82) is 0 Å². The van der Waals surface area contributed by atoms with E-state index in [-0.39, 0.29) is 5.25 Å². The molecule has 0 spiro atoms. The second-order valence-corrected chi connectivity index (χ2v) is 6.47. The summed E-state index contributed by atoms with van der Waals surface area (Å²) >= 11 is 5.27. The maximum atomic E-state index is 12.1. The lowest BCUT2D eigenvalue weighted by Gasteiger charge is -2.26. The molecule has 1 saturated heterocycles. The Morgan fingerprint density at radius 3 is 2.81 bits per heavy atom. The Bertz CT molecular complexity index is 207. The molecule has 2 nitrogen and oxygen atoms in total. The lowest BCUT2D eigenvalue weighted by atomic mass is 10.1. The minimum absolute atomic E-state index is 0.245. The monoisotopic (exact) mass is 307 g/mol. The molecule has 1 heterocycles. The molecule has 0 aromatic carbocycles. The summed E-state index contributed by atoms with van der Waals surface area (Å²) in [5, 5.41) is 1.32. The molecule has 0 N–H and O–H groups in total. The van der Waals surface area contributed by atoms with Gasteiger partial charge in [-0.05, 0) is 31.4 Å². The van der Waals surface area contributed by atoms with Gasteiger partial charge in [-0.15, -0.1) is 11.8 Å². The number of nitrogens with zero attached hydrogens (tertiary/aromatic N) is 1. The summed E-state index contributed by atoms with van der Waals surface area (Å²) in [4.78, 5) is 14.0. The van der Waals surface area contributed by atoms with Gasteiger partial charge in [-0.2, -0.15) is 0 Å². The second kappa shape index (κ2) is 8.40. The predicted molar refractivity (Wildman–Crippen MR) is 75.4 cm³/mol. The van der Waals surface area contributed by atoms with E-state index in [0.29, 0.717) is 5.91 Å². The number of thioether (sulfide) groups is 1. The average Bonchev–Trinajstić information content (AvgIpc) is 2.34. The molecule has 1 atom stereocenters. The van der Waals surface area contributed by atoms with E-state index >= 15 is 0 Å². The van der Waals surface area contributed by atoms with Gasteiger partial charge in [0.15, 0.2) is 0 Å². The van der Waals surface area contributed by atoms with Crippen LogP contribution < -0.4 is 0 Å². The third kappa shape index (κ3) is 5.09. The van der Waals surface area contributed by atoms with Crippen LogP contribution in [-0.4, -0.2) is 40.7 Å². The SMILES string of the molecule is CN(CCCCCBr)C(=O)C1CCCCS1. The molecule has 0 aliphatic carbocycles. The largest absolute Gasteiger partial charge is 0.345 e. The Labute approximate surface area is 112 Å². The maximum Gasteiger partial charge on any atom is 0.235 e. The van der Waals surface area contributed by atoms with Crippen LogP contribution in [0.15, 0.2) is 0 Å². The second-order valence-electron chi connectivity index (χ2n) is 4.36. The van der Waals surface area contributed by atoms with Gasteiger partial charge in [0.2, 0.25) is 5.91 Å². The molecule has 0 saturated carbocycles. The Balaban J connectivity index is 2.18. The summed E-state index contributed by atoms with van der Waals surface area (Å²) in [6.45, 7) is 0.920. The zero-order valence-electron chi connectivity index (χ0n) is 10.1. The Hall–Kier alpha value is 0.300. The van der Waals surface area contributed by atoms with Crippen molar-refractivity contribution in [3.8, 4) is 0 Å². The van der Waals surface area contributed by atoms with Gasteiger partial charge in [-0.3, -0.25) is 4.79 Å². The molecule has 1 aliphatic heterocycles. The van der Waals surface area contributed by atoms with E-state index in [1.807, 2.05) is 23.7 Å². The number of amides is 1. The average molecular weight is 308 g/mol.